The molecule has 0 radical (unpaired) electrons. The fourth-order valence-electron chi connectivity index (χ4n) is 2.81. The van der Waals surface area contributed by atoms with E-state index in [9.17, 15) is 4.79 Å². The van der Waals surface area contributed by atoms with Crippen molar-refractivity contribution in [3.8, 4) is 0 Å². The number of hydrogen-bond acceptors (Lipinski definition) is 5. The minimum atomic E-state index is -0.126. The van der Waals surface area contributed by atoms with Crippen molar-refractivity contribution < 1.29 is 9.53 Å². The van der Waals surface area contributed by atoms with E-state index >= 15 is 0 Å². The molecule has 0 fully saturated rings. The van der Waals surface area contributed by atoms with E-state index in [1.165, 1.54) is 6.20 Å². The number of rotatable bonds is 4. The van der Waals surface area contributed by atoms with Crippen LogP contribution in [0.3, 0.4) is 0 Å². The summed E-state index contributed by atoms with van der Waals surface area (Å²) in [5.74, 6) is -0.126. The lowest BCUT2D eigenvalue weighted by Gasteiger charge is -2.35. The van der Waals surface area contributed by atoms with Crippen molar-refractivity contribution in [1.29, 1.82) is 0 Å². The molecule has 7 nitrogen and oxygen atoms in total. The summed E-state index contributed by atoms with van der Waals surface area (Å²) in [6.07, 6.45) is 5.67. The predicted molar refractivity (Wildman–Crippen MR) is 83.8 cm³/mol. The molecular weight excluding hydrogens is 294 g/mol. The van der Waals surface area contributed by atoms with Gasteiger partial charge in [0.1, 0.15) is 5.69 Å². The van der Waals surface area contributed by atoms with Crippen LogP contribution in [-0.4, -0.2) is 49.6 Å². The largest absolute Gasteiger partial charge is 0.380 e. The number of carbonyl (C=O) groups excluding carboxylic acids is 1. The minimum Gasteiger partial charge on any atom is -0.380 e. The topological polar surface area (TPSA) is 73.1 Å². The summed E-state index contributed by atoms with van der Waals surface area (Å²) in [5, 5.41) is 0. The van der Waals surface area contributed by atoms with Gasteiger partial charge in [-0.2, -0.15) is 0 Å². The lowest BCUT2D eigenvalue weighted by atomic mass is 10.0. The Morgan fingerprint density at radius 2 is 2.17 bits per heavy atom. The van der Waals surface area contributed by atoms with Gasteiger partial charge in [-0.25, -0.2) is 9.97 Å². The highest BCUT2D eigenvalue weighted by Crippen LogP contribution is 2.23. The van der Waals surface area contributed by atoms with Gasteiger partial charge in [-0.1, -0.05) is 0 Å². The molecule has 0 bridgehead atoms. The summed E-state index contributed by atoms with van der Waals surface area (Å²) in [4.78, 5) is 27.4. The second kappa shape index (κ2) is 6.45. The van der Waals surface area contributed by atoms with Crippen LogP contribution in [0.5, 0.6) is 0 Å². The van der Waals surface area contributed by atoms with E-state index in [4.69, 9.17) is 4.74 Å². The summed E-state index contributed by atoms with van der Waals surface area (Å²) < 4.78 is 7.60. The third-order valence-electron chi connectivity index (χ3n) is 4.11. The molecule has 0 aromatic carbocycles. The zero-order chi connectivity index (χ0) is 16.4. The Labute approximate surface area is 135 Å². The summed E-state index contributed by atoms with van der Waals surface area (Å²) >= 11 is 0. The summed E-state index contributed by atoms with van der Waals surface area (Å²) in [6.45, 7) is 5.41. The molecule has 3 heterocycles. The molecule has 0 saturated carbocycles. The summed E-state index contributed by atoms with van der Waals surface area (Å²) in [6, 6.07) is -0.0200. The van der Waals surface area contributed by atoms with Crippen molar-refractivity contribution in [2.24, 2.45) is 7.05 Å². The standard InChI is InChI=1S/C16H21N5O2/c1-4-23-9-12-5-15-14(19-10-20(15)3)8-21(12)16(22)13-7-17-11(2)6-18-13/h6-7,10,12H,4-5,8-9H2,1-3H3/t12-/m1/s1. The molecule has 0 N–H and O–H groups in total. The number of nitrogens with zero attached hydrogens (tertiary/aromatic N) is 5. The number of carbonyl (C=O) groups is 1. The molecule has 0 aliphatic carbocycles. The van der Waals surface area contributed by atoms with Crippen LogP contribution >= 0.6 is 0 Å². The third kappa shape index (κ3) is 3.10. The van der Waals surface area contributed by atoms with Crippen LogP contribution in [0.15, 0.2) is 18.7 Å². The van der Waals surface area contributed by atoms with E-state index in [2.05, 4.69) is 15.0 Å². The van der Waals surface area contributed by atoms with Crippen molar-refractivity contribution in [3.63, 3.8) is 0 Å². The quantitative estimate of drug-likeness (QED) is 0.845. The Morgan fingerprint density at radius 1 is 1.35 bits per heavy atom. The van der Waals surface area contributed by atoms with Gasteiger partial charge in [0.2, 0.25) is 0 Å². The Morgan fingerprint density at radius 3 is 2.87 bits per heavy atom. The Balaban J connectivity index is 1.87. The molecule has 0 saturated heterocycles. The van der Waals surface area contributed by atoms with E-state index < -0.39 is 0 Å². The second-order valence-electron chi connectivity index (χ2n) is 5.74. The molecule has 1 amide bonds. The Bertz CT molecular complexity index is 695. The normalized spacial score (nSPS) is 17.2. The Kier molecular flexibility index (Phi) is 4.38. The van der Waals surface area contributed by atoms with Crippen molar-refractivity contribution >= 4 is 5.91 Å². The van der Waals surface area contributed by atoms with Gasteiger partial charge >= 0.3 is 0 Å². The lowest BCUT2D eigenvalue weighted by molar-refractivity contribution is 0.0382. The van der Waals surface area contributed by atoms with Gasteiger partial charge in [-0.15, -0.1) is 0 Å². The van der Waals surface area contributed by atoms with E-state index in [0.717, 1.165) is 23.5 Å². The first-order valence-electron chi connectivity index (χ1n) is 7.76. The predicted octanol–water partition coefficient (Wildman–Crippen LogP) is 1.12. The first-order chi connectivity index (χ1) is 11.1. The number of ether oxygens (including phenoxy) is 1. The lowest BCUT2D eigenvalue weighted by Crippen LogP contribution is -2.47. The summed E-state index contributed by atoms with van der Waals surface area (Å²) in [7, 11) is 1.98. The number of hydrogen-bond donors (Lipinski definition) is 0. The zero-order valence-corrected chi connectivity index (χ0v) is 13.7. The van der Waals surface area contributed by atoms with Crippen LogP contribution in [0.25, 0.3) is 0 Å². The maximum Gasteiger partial charge on any atom is 0.274 e. The molecule has 122 valence electrons. The highest BCUT2D eigenvalue weighted by atomic mass is 16.5. The third-order valence-corrected chi connectivity index (χ3v) is 4.11. The average molecular weight is 315 g/mol. The first kappa shape index (κ1) is 15.6. The zero-order valence-electron chi connectivity index (χ0n) is 13.7. The fourth-order valence-corrected chi connectivity index (χ4v) is 2.81. The van der Waals surface area contributed by atoms with Crippen molar-refractivity contribution in [1.82, 2.24) is 24.4 Å². The van der Waals surface area contributed by atoms with Gasteiger partial charge in [0.25, 0.3) is 5.91 Å². The first-order valence-corrected chi connectivity index (χ1v) is 7.76. The molecule has 3 rings (SSSR count). The molecule has 1 aliphatic rings. The molecule has 0 unspecified atom stereocenters. The van der Waals surface area contributed by atoms with Gasteiger partial charge in [-0.05, 0) is 13.8 Å². The second-order valence-corrected chi connectivity index (χ2v) is 5.74. The highest BCUT2D eigenvalue weighted by Gasteiger charge is 2.33. The molecule has 1 atom stereocenters. The van der Waals surface area contributed by atoms with Gasteiger partial charge in [0, 0.05) is 32.0 Å². The van der Waals surface area contributed by atoms with Gasteiger partial charge in [-0.3, -0.25) is 9.78 Å². The molecule has 0 spiro atoms. The highest BCUT2D eigenvalue weighted by molar-refractivity contribution is 5.92. The van der Waals surface area contributed by atoms with Gasteiger partial charge in [0.05, 0.1) is 43.1 Å². The number of aryl methyl sites for hydroxylation is 2. The molecule has 23 heavy (non-hydrogen) atoms. The monoisotopic (exact) mass is 315 g/mol. The maximum atomic E-state index is 12.8. The molecule has 2 aromatic rings. The van der Waals surface area contributed by atoms with Gasteiger partial charge < -0.3 is 14.2 Å². The van der Waals surface area contributed by atoms with E-state index in [0.29, 0.717) is 25.5 Å². The van der Waals surface area contributed by atoms with E-state index in [1.54, 1.807) is 17.4 Å². The fraction of sp³-hybridized carbons (Fsp3) is 0.500. The van der Waals surface area contributed by atoms with Crippen LogP contribution in [0, 0.1) is 6.92 Å². The molecule has 1 aliphatic heterocycles. The van der Waals surface area contributed by atoms with Crippen molar-refractivity contribution in [2.75, 3.05) is 13.2 Å². The average Bonchev–Trinajstić information content (AvgIpc) is 2.92. The maximum absolute atomic E-state index is 12.8. The summed E-state index contributed by atoms with van der Waals surface area (Å²) in [5.41, 5.74) is 3.25. The van der Waals surface area contributed by atoms with Crippen LogP contribution in [-0.2, 0) is 24.8 Å². The number of amides is 1. The van der Waals surface area contributed by atoms with Crippen LogP contribution in [0.1, 0.15) is 34.5 Å². The van der Waals surface area contributed by atoms with Gasteiger partial charge in [0.15, 0.2) is 0 Å². The number of fused-ring (bicyclic) bond motifs is 1. The minimum absolute atomic E-state index is 0.0200. The van der Waals surface area contributed by atoms with Crippen LogP contribution in [0.2, 0.25) is 0 Å². The number of imidazole rings is 1. The van der Waals surface area contributed by atoms with E-state index in [1.807, 2.05) is 25.5 Å². The molecular formula is C16H21N5O2. The molecule has 2 aromatic heterocycles. The Hall–Kier alpha value is -2.28. The van der Waals surface area contributed by atoms with Crippen LogP contribution < -0.4 is 0 Å². The SMILES string of the molecule is CCOC[C@H]1Cc2c(ncn2C)CN1C(=O)c1cnc(C)cn1. The van der Waals surface area contributed by atoms with Crippen molar-refractivity contribution in [3.05, 3.63) is 41.5 Å². The van der Waals surface area contributed by atoms with Crippen LogP contribution in [0.4, 0.5) is 0 Å². The van der Waals surface area contributed by atoms with E-state index in [-0.39, 0.29) is 11.9 Å². The van der Waals surface area contributed by atoms with Crippen molar-refractivity contribution in [2.45, 2.75) is 32.9 Å². The number of aromatic nitrogens is 4. The molecule has 7 heteroatoms. The smallest absolute Gasteiger partial charge is 0.274 e.